The lowest BCUT2D eigenvalue weighted by Gasteiger charge is -2.34. The van der Waals surface area contributed by atoms with Gasteiger partial charge < -0.3 is 10.2 Å². The number of piperazine rings is 1. The minimum Gasteiger partial charge on any atom is -0.351 e. The third-order valence-electron chi connectivity index (χ3n) is 7.02. The number of fused-ring (bicyclic) bond motifs is 1. The summed E-state index contributed by atoms with van der Waals surface area (Å²) in [5, 5.41) is 4.06. The van der Waals surface area contributed by atoms with Gasteiger partial charge >= 0.3 is 0 Å². The Morgan fingerprint density at radius 3 is 2.23 bits per heavy atom. The number of thiazole rings is 1. The van der Waals surface area contributed by atoms with Crippen molar-refractivity contribution in [2.75, 3.05) is 48.9 Å². The SMILES string of the molecule is Cc1ccc(S(=O)(=O)Nc2ccc(C(=O)NCCN3CCN(c4nc5c(C)ccc(C)c5s4)CC3)cc2)cc1. The second-order valence-corrected chi connectivity index (χ2v) is 12.6. The average Bonchev–Trinajstić information content (AvgIpc) is 3.39. The summed E-state index contributed by atoms with van der Waals surface area (Å²) < 4.78 is 29.0. The van der Waals surface area contributed by atoms with Crippen molar-refractivity contribution in [1.82, 2.24) is 15.2 Å². The summed E-state index contributed by atoms with van der Waals surface area (Å²) in [4.78, 5) is 22.4. The van der Waals surface area contributed by atoms with Crippen LogP contribution in [0, 0.1) is 20.8 Å². The molecule has 1 amide bonds. The maximum absolute atomic E-state index is 12.6. The van der Waals surface area contributed by atoms with Crippen LogP contribution in [-0.2, 0) is 10.0 Å². The monoisotopic (exact) mass is 563 g/mol. The number of aromatic nitrogens is 1. The first-order chi connectivity index (χ1) is 18.7. The van der Waals surface area contributed by atoms with E-state index in [2.05, 4.69) is 45.8 Å². The lowest BCUT2D eigenvalue weighted by atomic mass is 10.1. The second kappa shape index (κ2) is 11.3. The normalized spacial score (nSPS) is 14.5. The Hall–Kier alpha value is -3.47. The quantitative estimate of drug-likeness (QED) is 0.326. The fraction of sp³-hybridized carbons (Fsp3) is 0.310. The standard InChI is InChI=1S/C29H33N5O3S2/c1-20-4-12-25(13-5-20)39(36,37)32-24-10-8-23(9-11-24)28(35)30-14-15-33-16-18-34(19-17-33)29-31-26-21(2)6-7-22(3)27(26)38-29/h4-13,32H,14-19H2,1-3H3,(H,30,35). The first kappa shape index (κ1) is 27.1. The lowest BCUT2D eigenvalue weighted by molar-refractivity contribution is 0.0948. The predicted molar refractivity (Wildman–Crippen MR) is 159 cm³/mol. The van der Waals surface area contributed by atoms with Gasteiger partial charge in [-0.25, -0.2) is 13.4 Å². The van der Waals surface area contributed by atoms with Crippen LogP contribution in [-0.4, -0.2) is 63.5 Å². The van der Waals surface area contributed by atoms with Crippen LogP contribution in [0.2, 0.25) is 0 Å². The molecule has 0 atom stereocenters. The molecule has 0 radical (unpaired) electrons. The summed E-state index contributed by atoms with van der Waals surface area (Å²) in [6.45, 7) is 11.1. The van der Waals surface area contributed by atoms with Crippen molar-refractivity contribution in [1.29, 1.82) is 0 Å². The molecule has 39 heavy (non-hydrogen) atoms. The van der Waals surface area contributed by atoms with Gasteiger partial charge in [0.1, 0.15) is 0 Å². The topological polar surface area (TPSA) is 94.6 Å². The van der Waals surface area contributed by atoms with Gasteiger partial charge in [-0.3, -0.25) is 14.4 Å². The molecule has 4 aromatic rings. The molecule has 204 valence electrons. The fourth-order valence-corrected chi connectivity index (χ4v) is 6.82. The zero-order chi connectivity index (χ0) is 27.6. The molecule has 1 aliphatic rings. The number of nitrogens with zero attached hydrogens (tertiary/aromatic N) is 3. The van der Waals surface area contributed by atoms with Crippen LogP contribution in [0.15, 0.2) is 65.6 Å². The van der Waals surface area contributed by atoms with E-state index in [9.17, 15) is 13.2 Å². The molecular formula is C29H33N5O3S2. The van der Waals surface area contributed by atoms with Gasteiger partial charge in [0.25, 0.3) is 15.9 Å². The van der Waals surface area contributed by atoms with Crippen LogP contribution in [0.5, 0.6) is 0 Å². The van der Waals surface area contributed by atoms with Crippen molar-refractivity contribution in [2.45, 2.75) is 25.7 Å². The Labute approximate surface area is 233 Å². The largest absolute Gasteiger partial charge is 0.351 e. The van der Waals surface area contributed by atoms with E-state index in [0.29, 0.717) is 17.8 Å². The molecule has 0 spiro atoms. The van der Waals surface area contributed by atoms with E-state index in [4.69, 9.17) is 4.98 Å². The van der Waals surface area contributed by atoms with Crippen LogP contribution in [0.3, 0.4) is 0 Å². The van der Waals surface area contributed by atoms with Gasteiger partial charge in [0, 0.05) is 50.5 Å². The van der Waals surface area contributed by atoms with Crippen LogP contribution in [0.1, 0.15) is 27.0 Å². The highest BCUT2D eigenvalue weighted by Crippen LogP contribution is 2.33. The molecule has 8 nitrogen and oxygen atoms in total. The van der Waals surface area contributed by atoms with Crippen molar-refractivity contribution in [2.24, 2.45) is 0 Å². The smallest absolute Gasteiger partial charge is 0.261 e. The van der Waals surface area contributed by atoms with Gasteiger partial charge in [0.05, 0.1) is 15.1 Å². The minimum atomic E-state index is -3.69. The summed E-state index contributed by atoms with van der Waals surface area (Å²) in [5.41, 5.74) is 5.47. The fourth-order valence-electron chi connectivity index (χ4n) is 4.60. The zero-order valence-electron chi connectivity index (χ0n) is 22.4. The first-order valence-corrected chi connectivity index (χ1v) is 15.3. The molecule has 5 rings (SSSR count). The van der Waals surface area contributed by atoms with Crippen molar-refractivity contribution in [3.63, 3.8) is 0 Å². The molecule has 10 heteroatoms. The molecular weight excluding hydrogens is 530 g/mol. The zero-order valence-corrected chi connectivity index (χ0v) is 24.0. The van der Waals surface area contributed by atoms with E-state index in [1.54, 1.807) is 59.9 Å². The van der Waals surface area contributed by atoms with Crippen LogP contribution < -0.4 is 14.9 Å². The molecule has 3 aromatic carbocycles. The van der Waals surface area contributed by atoms with E-state index < -0.39 is 10.0 Å². The van der Waals surface area contributed by atoms with Crippen molar-refractivity contribution in [3.05, 3.63) is 82.9 Å². The van der Waals surface area contributed by atoms with E-state index in [-0.39, 0.29) is 10.8 Å². The Bertz CT molecular complexity index is 1530. The highest BCUT2D eigenvalue weighted by atomic mass is 32.2. The molecule has 0 aliphatic carbocycles. The van der Waals surface area contributed by atoms with Crippen LogP contribution in [0.25, 0.3) is 10.2 Å². The summed E-state index contributed by atoms with van der Waals surface area (Å²) in [7, 11) is -3.69. The molecule has 0 bridgehead atoms. The van der Waals surface area contributed by atoms with Crippen molar-refractivity contribution < 1.29 is 13.2 Å². The van der Waals surface area contributed by atoms with Crippen LogP contribution in [0.4, 0.5) is 10.8 Å². The number of nitrogens with one attached hydrogen (secondary N) is 2. The predicted octanol–water partition coefficient (Wildman–Crippen LogP) is 4.57. The van der Waals surface area contributed by atoms with E-state index in [1.807, 2.05) is 6.92 Å². The number of carbonyl (C=O) groups excluding carboxylic acids is 1. The molecule has 2 N–H and O–H groups in total. The summed E-state index contributed by atoms with van der Waals surface area (Å²) in [5.74, 6) is -0.179. The summed E-state index contributed by atoms with van der Waals surface area (Å²) in [6.07, 6.45) is 0. The van der Waals surface area contributed by atoms with Gasteiger partial charge in [0.2, 0.25) is 0 Å². The van der Waals surface area contributed by atoms with E-state index in [0.717, 1.165) is 48.9 Å². The Balaban J connectivity index is 1.08. The maximum Gasteiger partial charge on any atom is 0.261 e. The summed E-state index contributed by atoms with van der Waals surface area (Å²) >= 11 is 1.77. The number of sulfonamides is 1. The molecule has 2 heterocycles. The number of anilines is 2. The number of carbonyl (C=O) groups is 1. The van der Waals surface area contributed by atoms with Crippen molar-refractivity contribution in [3.8, 4) is 0 Å². The average molecular weight is 564 g/mol. The number of benzene rings is 3. The van der Waals surface area contributed by atoms with Gasteiger partial charge in [0.15, 0.2) is 5.13 Å². The van der Waals surface area contributed by atoms with Crippen LogP contribution >= 0.6 is 11.3 Å². The maximum atomic E-state index is 12.6. The third-order valence-corrected chi connectivity index (χ3v) is 9.67. The number of amides is 1. The molecule has 0 saturated carbocycles. The third kappa shape index (κ3) is 6.24. The number of rotatable bonds is 8. The molecule has 1 aromatic heterocycles. The number of aryl methyl sites for hydroxylation is 3. The van der Waals surface area contributed by atoms with Gasteiger partial charge in [-0.15, -0.1) is 0 Å². The van der Waals surface area contributed by atoms with E-state index in [1.165, 1.54) is 15.8 Å². The molecule has 1 saturated heterocycles. The van der Waals surface area contributed by atoms with Gasteiger partial charge in [-0.2, -0.15) is 0 Å². The Morgan fingerprint density at radius 2 is 1.56 bits per heavy atom. The summed E-state index contributed by atoms with van der Waals surface area (Å²) in [6, 6.07) is 17.4. The Kier molecular flexibility index (Phi) is 7.88. The number of hydrogen-bond acceptors (Lipinski definition) is 7. The lowest BCUT2D eigenvalue weighted by Crippen LogP contribution is -2.48. The first-order valence-electron chi connectivity index (χ1n) is 13.0. The minimum absolute atomic E-state index is 0.179. The molecule has 1 aliphatic heterocycles. The highest BCUT2D eigenvalue weighted by molar-refractivity contribution is 7.92. The van der Waals surface area contributed by atoms with Gasteiger partial charge in [-0.1, -0.05) is 41.2 Å². The Morgan fingerprint density at radius 1 is 0.897 bits per heavy atom. The molecule has 1 fully saturated rings. The second-order valence-electron chi connectivity index (χ2n) is 9.95. The number of hydrogen-bond donors (Lipinski definition) is 2. The van der Waals surface area contributed by atoms with Gasteiger partial charge in [-0.05, 0) is 68.3 Å². The highest BCUT2D eigenvalue weighted by Gasteiger charge is 2.21. The van der Waals surface area contributed by atoms with Crippen molar-refractivity contribution >= 4 is 48.3 Å². The van der Waals surface area contributed by atoms with E-state index >= 15 is 0 Å². The molecule has 0 unspecified atom stereocenters.